The van der Waals surface area contributed by atoms with Gasteiger partial charge in [-0.2, -0.15) is 18.7 Å². The van der Waals surface area contributed by atoms with Crippen LogP contribution in [0.5, 0.6) is 5.75 Å². The molecule has 6 nitrogen and oxygen atoms in total. The van der Waals surface area contributed by atoms with E-state index in [2.05, 4.69) is 10.0 Å². The van der Waals surface area contributed by atoms with Gasteiger partial charge >= 0.3 is 6.18 Å². The third-order valence-corrected chi connectivity index (χ3v) is 5.43. The van der Waals surface area contributed by atoms with Gasteiger partial charge in [-0.3, -0.25) is 4.79 Å². The number of rotatable bonds is 7. The topological polar surface area (TPSA) is 87.2 Å². The Bertz CT molecular complexity index is 1130. The van der Waals surface area contributed by atoms with E-state index in [0.717, 1.165) is 29.6 Å². The average molecular weight is 485 g/mol. The summed E-state index contributed by atoms with van der Waals surface area (Å²) in [5, 5.41) is 12.0. The molecule has 0 heterocycles. The lowest BCUT2D eigenvalue weighted by atomic mass is 10.2. The normalized spacial score (nSPS) is 11.2. The number of quaternary nitrogens is 1. The van der Waals surface area contributed by atoms with E-state index in [4.69, 9.17) is 16.3 Å². The molecule has 0 unspecified atom stereocenters. The molecule has 3 aromatic carbocycles. The number of hydrogen-bond donors (Lipinski definition) is 4. The third-order valence-electron chi connectivity index (χ3n) is 4.29. The van der Waals surface area contributed by atoms with Crippen LogP contribution in [0.3, 0.4) is 0 Å². The lowest BCUT2D eigenvalue weighted by Gasteiger charge is -2.13. The highest BCUT2D eigenvalue weighted by atomic mass is 35.5. The van der Waals surface area contributed by atoms with E-state index in [1.54, 1.807) is 42.5 Å². The molecule has 0 spiro atoms. The third kappa shape index (κ3) is 5.86. The van der Waals surface area contributed by atoms with Crippen molar-refractivity contribution in [1.82, 2.24) is 0 Å². The number of carbonyl (C=O) groups is 1. The van der Waals surface area contributed by atoms with Crippen molar-refractivity contribution < 1.29 is 33.4 Å². The number of alkyl halides is 3. The Morgan fingerprint density at radius 3 is 2.56 bits per heavy atom. The van der Waals surface area contributed by atoms with Crippen molar-refractivity contribution in [2.24, 2.45) is 0 Å². The van der Waals surface area contributed by atoms with E-state index >= 15 is 0 Å². The van der Waals surface area contributed by atoms with Gasteiger partial charge in [-0.25, -0.2) is 5.21 Å². The van der Waals surface area contributed by atoms with Gasteiger partial charge in [0.25, 0.3) is 5.91 Å². The smallest absolute Gasteiger partial charge is 0.416 e. The van der Waals surface area contributed by atoms with E-state index in [1.165, 1.54) is 13.2 Å². The molecule has 11 heteroatoms. The van der Waals surface area contributed by atoms with Crippen molar-refractivity contribution in [3.63, 3.8) is 0 Å². The molecule has 0 saturated carbocycles. The minimum atomic E-state index is -4.49. The lowest BCUT2D eigenvalue weighted by Crippen LogP contribution is -2.73. The van der Waals surface area contributed by atoms with Gasteiger partial charge in [-0.05, 0) is 54.4 Å². The summed E-state index contributed by atoms with van der Waals surface area (Å²) in [5.41, 5.74) is 1.33. The Morgan fingerprint density at radius 1 is 1.09 bits per heavy atom. The second-order valence-electron chi connectivity index (χ2n) is 6.47. The van der Waals surface area contributed by atoms with Gasteiger partial charge in [-0.1, -0.05) is 17.7 Å². The zero-order valence-electron chi connectivity index (χ0n) is 16.5. The molecule has 0 aliphatic rings. The maximum atomic E-state index is 12.9. The number of nitrogens with two attached hydrogens (primary N) is 1. The Labute approximate surface area is 190 Å². The molecule has 0 fully saturated rings. The van der Waals surface area contributed by atoms with Crippen LogP contribution in [0, 0.1) is 0 Å². The van der Waals surface area contributed by atoms with Crippen molar-refractivity contribution in [3.8, 4) is 5.75 Å². The summed E-state index contributed by atoms with van der Waals surface area (Å²) in [5.74, 6) is -0.0201. The Kier molecular flexibility index (Phi) is 7.52. The fraction of sp³-hybridized carbons (Fsp3) is 0.0952. The van der Waals surface area contributed by atoms with Crippen molar-refractivity contribution in [3.05, 3.63) is 76.8 Å². The zero-order valence-corrected chi connectivity index (χ0v) is 18.1. The highest BCUT2D eigenvalue weighted by Crippen LogP contribution is 2.35. The van der Waals surface area contributed by atoms with Gasteiger partial charge in [-0.15, -0.1) is 0 Å². The summed E-state index contributed by atoms with van der Waals surface area (Å²) in [4.78, 5) is 13.3. The number of carbonyl (C=O) groups excluding carboxylic acids is 1. The molecular weight excluding hydrogens is 467 g/mol. The molecule has 168 valence electrons. The standard InChI is InChI=1S/C21H17ClF3N3O3S/c1-31-19-8-6-14(27-30)11-18(19)26-20(29)12-3-2-4-15(9-12)32-28-17-10-13(21(23,24)25)5-7-16(17)22/h2-11,27-28,30H,1H3,(H,26,29)/p+1. The van der Waals surface area contributed by atoms with E-state index in [0.29, 0.717) is 27.6 Å². The van der Waals surface area contributed by atoms with Gasteiger partial charge in [0, 0.05) is 22.6 Å². The molecule has 32 heavy (non-hydrogen) atoms. The van der Waals surface area contributed by atoms with Gasteiger partial charge in [0.15, 0.2) is 5.69 Å². The summed E-state index contributed by atoms with van der Waals surface area (Å²) in [6.07, 6.45) is -4.49. The summed E-state index contributed by atoms with van der Waals surface area (Å²) >= 11 is 7.01. The zero-order chi connectivity index (χ0) is 23.3. The first kappa shape index (κ1) is 23.7. The molecule has 1 amide bonds. The van der Waals surface area contributed by atoms with Crippen molar-refractivity contribution in [1.29, 1.82) is 0 Å². The molecule has 0 aliphatic heterocycles. The molecular formula is C21H18ClF3N3O3S+. The maximum absolute atomic E-state index is 12.9. The molecule has 3 rings (SSSR count). The number of methoxy groups -OCH3 is 1. The number of halogens is 4. The monoisotopic (exact) mass is 484 g/mol. The largest absolute Gasteiger partial charge is 0.495 e. The van der Waals surface area contributed by atoms with Crippen LogP contribution in [-0.4, -0.2) is 18.2 Å². The van der Waals surface area contributed by atoms with Gasteiger partial charge in [0.1, 0.15) is 5.75 Å². The minimum Gasteiger partial charge on any atom is -0.495 e. The number of benzene rings is 3. The molecule has 0 aromatic heterocycles. The molecule has 3 aromatic rings. The van der Waals surface area contributed by atoms with E-state index < -0.39 is 17.6 Å². The molecule has 5 N–H and O–H groups in total. The van der Waals surface area contributed by atoms with Crippen LogP contribution in [0.4, 0.5) is 30.2 Å². The van der Waals surface area contributed by atoms with Crippen LogP contribution in [0.25, 0.3) is 0 Å². The van der Waals surface area contributed by atoms with Crippen molar-refractivity contribution in [2.75, 3.05) is 17.1 Å². The lowest BCUT2D eigenvalue weighted by molar-refractivity contribution is -0.825. The molecule has 0 bridgehead atoms. The summed E-state index contributed by atoms with van der Waals surface area (Å²) in [6, 6.07) is 14.3. The van der Waals surface area contributed by atoms with Crippen LogP contribution < -0.4 is 20.3 Å². The SMILES string of the molecule is COc1ccc([NH2+]O)cc1NC(=O)c1cccc(SNc2cc(C(F)(F)F)ccc2Cl)c1. The molecule has 0 radical (unpaired) electrons. The fourth-order valence-electron chi connectivity index (χ4n) is 2.69. The average Bonchev–Trinajstić information content (AvgIpc) is 2.77. The first-order valence-corrected chi connectivity index (χ1v) is 10.3. The first-order chi connectivity index (χ1) is 15.2. The predicted octanol–water partition coefficient (Wildman–Crippen LogP) is 5.32. The number of nitrogens with one attached hydrogen (secondary N) is 2. The molecule has 0 saturated heterocycles. The number of amides is 1. The van der Waals surface area contributed by atoms with Gasteiger partial charge in [0.2, 0.25) is 0 Å². The quantitative estimate of drug-likeness (QED) is 0.207. The fourth-order valence-corrected chi connectivity index (χ4v) is 3.64. The minimum absolute atomic E-state index is 0.100. The van der Waals surface area contributed by atoms with Crippen LogP contribution >= 0.6 is 23.5 Å². The van der Waals surface area contributed by atoms with E-state index in [-0.39, 0.29) is 10.7 Å². The highest BCUT2D eigenvalue weighted by molar-refractivity contribution is 8.00. The first-order valence-electron chi connectivity index (χ1n) is 9.07. The predicted molar refractivity (Wildman–Crippen MR) is 117 cm³/mol. The van der Waals surface area contributed by atoms with Crippen LogP contribution in [0.1, 0.15) is 15.9 Å². The second kappa shape index (κ2) is 10.1. The summed E-state index contributed by atoms with van der Waals surface area (Å²) in [6.45, 7) is 0. The number of ether oxygens (including phenoxy) is 1. The van der Waals surface area contributed by atoms with Crippen LogP contribution in [-0.2, 0) is 6.18 Å². The van der Waals surface area contributed by atoms with E-state index in [1.807, 2.05) is 0 Å². The van der Waals surface area contributed by atoms with Crippen molar-refractivity contribution >= 4 is 46.5 Å². The molecule has 0 aliphatic carbocycles. The van der Waals surface area contributed by atoms with E-state index in [9.17, 15) is 23.2 Å². The number of anilines is 2. The van der Waals surface area contributed by atoms with Crippen LogP contribution in [0.2, 0.25) is 5.02 Å². The summed E-state index contributed by atoms with van der Waals surface area (Å²) < 4.78 is 46.8. The number of hydrogen-bond acceptors (Lipinski definition) is 5. The Balaban J connectivity index is 1.74. The Morgan fingerprint density at radius 2 is 1.88 bits per heavy atom. The summed E-state index contributed by atoms with van der Waals surface area (Å²) in [7, 11) is 1.45. The van der Waals surface area contributed by atoms with Gasteiger partial charge < -0.3 is 14.8 Å². The Hall–Kier alpha value is -2.92. The van der Waals surface area contributed by atoms with Crippen molar-refractivity contribution in [2.45, 2.75) is 11.1 Å². The maximum Gasteiger partial charge on any atom is 0.416 e. The molecule has 0 atom stereocenters. The highest BCUT2D eigenvalue weighted by Gasteiger charge is 2.31. The van der Waals surface area contributed by atoms with Gasteiger partial charge in [0.05, 0.1) is 29.1 Å². The van der Waals surface area contributed by atoms with Crippen LogP contribution in [0.15, 0.2) is 65.6 Å². The second-order valence-corrected chi connectivity index (χ2v) is 7.75.